The summed E-state index contributed by atoms with van der Waals surface area (Å²) in [5, 5.41) is 13.6. The van der Waals surface area contributed by atoms with Crippen LogP contribution in [0.5, 0.6) is 0 Å². The molecule has 0 aliphatic carbocycles. The lowest BCUT2D eigenvalue weighted by atomic mass is 10.0. The minimum atomic E-state index is 0.454. The molecule has 1 aromatic carbocycles. The van der Waals surface area contributed by atoms with E-state index in [4.69, 9.17) is 15.4 Å². The third-order valence-electron chi connectivity index (χ3n) is 4.80. The number of aromatic nitrogens is 3. The van der Waals surface area contributed by atoms with Gasteiger partial charge in [-0.05, 0) is 37.0 Å². The van der Waals surface area contributed by atoms with Crippen LogP contribution in [0.4, 0.5) is 5.82 Å². The van der Waals surface area contributed by atoms with Gasteiger partial charge in [-0.3, -0.25) is 4.98 Å². The smallest absolute Gasteiger partial charge is 0.162 e. The molecule has 0 spiro atoms. The van der Waals surface area contributed by atoms with Crippen molar-refractivity contribution in [2.24, 2.45) is 5.92 Å². The summed E-state index contributed by atoms with van der Waals surface area (Å²) in [5.74, 6) is 1.94. The molecule has 3 aromatic heterocycles. The highest BCUT2D eigenvalue weighted by atomic mass is 32.1. The van der Waals surface area contributed by atoms with E-state index >= 15 is 0 Å². The standard InChI is InChI=1S/C23H23N5S/c1-15(12-17-6-4-3-5-7-17)13-26-23-21-20(19(14-29-21)16(2)24)27-22(28-23)18-8-10-25-11-9-18/h3-11,14-15,24H,12-13H2,1-2H3,(H,26,27,28). The minimum Gasteiger partial charge on any atom is -0.368 e. The van der Waals surface area contributed by atoms with Crippen LogP contribution in [0.2, 0.25) is 0 Å². The van der Waals surface area contributed by atoms with E-state index in [1.807, 2.05) is 23.6 Å². The van der Waals surface area contributed by atoms with E-state index in [1.54, 1.807) is 30.7 Å². The number of thiophene rings is 1. The molecule has 4 aromatic rings. The summed E-state index contributed by atoms with van der Waals surface area (Å²) in [6, 6.07) is 14.4. The molecule has 0 amide bonds. The first-order chi connectivity index (χ1) is 14.1. The Morgan fingerprint density at radius 3 is 2.59 bits per heavy atom. The number of nitrogens with one attached hydrogen (secondary N) is 2. The Balaban J connectivity index is 1.64. The third kappa shape index (κ3) is 4.32. The maximum atomic E-state index is 8.09. The van der Waals surface area contributed by atoms with Gasteiger partial charge in [-0.2, -0.15) is 0 Å². The van der Waals surface area contributed by atoms with Crippen molar-refractivity contribution in [2.75, 3.05) is 11.9 Å². The van der Waals surface area contributed by atoms with Crippen LogP contribution in [0.3, 0.4) is 0 Å². The fraction of sp³-hybridized carbons (Fsp3) is 0.217. The Morgan fingerprint density at radius 2 is 1.86 bits per heavy atom. The summed E-state index contributed by atoms with van der Waals surface area (Å²) < 4.78 is 0.997. The molecular weight excluding hydrogens is 378 g/mol. The molecule has 146 valence electrons. The zero-order chi connectivity index (χ0) is 20.2. The van der Waals surface area contributed by atoms with Gasteiger partial charge < -0.3 is 10.7 Å². The van der Waals surface area contributed by atoms with E-state index < -0.39 is 0 Å². The van der Waals surface area contributed by atoms with Gasteiger partial charge in [0.25, 0.3) is 0 Å². The van der Waals surface area contributed by atoms with E-state index in [9.17, 15) is 0 Å². The van der Waals surface area contributed by atoms with E-state index in [1.165, 1.54) is 5.56 Å². The molecule has 6 heteroatoms. The first-order valence-electron chi connectivity index (χ1n) is 9.64. The summed E-state index contributed by atoms with van der Waals surface area (Å²) in [6.45, 7) is 4.85. The van der Waals surface area contributed by atoms with Crippen molar-refractivity contribution in [3.63, 3.8) is 0 Å². The fourth-order valence-corrected chi connectivity index (χ4v) is 4.31. The van der Waals surface area contributed by atoms with Gasteiger partial charge >= 0.3 is 0 Å². The van der Waals surface area contributed by atoms with Crippen LogP contribution >= 0.6 is 11.3 Å². The topological polar surface area (TPSA) is 74.6 Å². The van der Waals surface area contributed by atoms with Gasteiger partial charge in [0.05, 0.1) is 10.2 Å². The first-order valence-corrected chi connectivity index (χ1v) is 10.5. The van der Waals surface area contributed by atoms with Crippen LogP contribution in [0, 0.1) is 11.3 Å². The normalized spacial score (nSPS) is 12.1. The molecule has 0 aliphatic rings. The molecule has 0 aliphatic heterocycles. The molecule has 0 bridgehead atoms. The molecule has 5 nitrogen and oxygen atoms in total. The second-order valence-electron chi connectivity index (χ2n) is 7.26. The largest absolute Gasteiger partial charge is 0.368 e. The SMILES string of the molecule is CC(=N)c1csc2c(NCC(C)Cc3ccccc3)nc(-c3ccncc3)nc12. The highest BCUT2D eigenvalue weighted by Crippen LogP contribution is 2.32. The second-order valence-corrected chi connectivity index (χ2v) is 8.14. The molecule has 0 saturated heterocycles. The van der Waals surface area contributed by atoms with Crippen LogP contribution in [-0.4, -0.2) is 27.2 Å². The molecule has 4 rings (SSSR count). The average molecular weight is 402 g/mol. The van der Waals surface area contributed by atoms with E-state index in [0.29, 0.717) is 17.5 Å². The lowest BCUT2D eigenvalue weighted by molar-refractivity contribution is 0.611. The Labute approximate surface area is 174 Å². The monoisotopic (exact) mass is 401 g/mol. The number of anilines is 1. The van der Waals surface area contributed by atoms with Crippen molar-refractivity contribution in [3.05, 3.63) is 71.4 Å². The highest BCUT2D eigenvalue weighted by molar-refractivity contribution is 7.18. The van der Waals surface area contributed by atoms with Crippen LogP contribution in [0.15, 0.2) is 60.2 Å². The molecule has 1 atom stereocenters. The predicted molar refractivity (Wildman–Crippen MR) is 121 cm³/mol. The van der Waals surface area contributed by atoms with Crippen molar-refractivity contribution in [2.45, 2.75) is 20.3 Å². The van der Waals surface area contributed by atoms with Gasteiger partial charge in [-0.25, -0.2) is 9.97 Å². The quantitative estimate of drug-likeness (QED) is 0.405. The molecule has 1 unspecified atom stereocenters. The number of pyridine rings is 1. The van der Waals surface area contributed by atoms with Crippen molar-refractivity contribution >= 4 is 33.1 Å². The molecule has 29 heavy (non-hydrogen) atoms. The lowest BCUT2D eigenvalue weighted by Gasteiger charge is -2.14. The summed E-state index contributed by atoms with van der Waals surface area (Å²) >= 11 is 1.59. The molecule has 2 N–H and O–H groups in total. The number of nitrogens with zero attached hydrogens (tertiary/aromatic N) is 3. The Morgan fingerprint density at radius 1 is 1.10 bits per heavy atom. The van der Waals surface area contributed by atoms with Crippen LogP contribution in [0.25, 0.3) is 21.6 Å². The van der Waals surface area contributed by atoms with Crippen LogP contribution < -0.4 is 5.32 Å². The van der Waals surface area contributed by atoms with Crippen LogP contribution in [-0.2, 0) is 6.42 Å². The Kier molecular flexibility index (Phi) is 5.62. The molecule has 3 heterocycles. The first kappa shape index (κ1) is 19.2. The summed E-state index contributed by atoms with van der Waals surface area (Å²) in [7, 11) is 0. The maximum Gasteiger partial charge on any atom is 0.162 e. The van der Waals surface area contributed by atoms with Gasteiger partial charge in [0.15, 0.2) is 5.82 Å². The van der Waals surface area contributed by atoms with Crippen molar-refractivity contribution in [1.29, 1.82) is 5.41 Å². The van der Waals surface area contributed by atoms with Crippen molar-refractivity contribution in [3.8, 4) is 11.4 Å². The minimum absolute atomic E-state index is 0.454. The number of rotatable bonds is 7. The summed E-state index contributed by atoms with van der Waals surface area (Å²) in [6.07, 6.45) is 4.50. The van der Waals surface area contributed by atoms with E-state index in [-0.39, 0.29) is 0 Å². The number of fused-ring (bicyclic) bond motifs is 1. The summed E-state index contributed by atoms with van der Waals surface area (Å²) in [4.78, 5) is 13.7. The van der Waals surface area contributed by atoms with Crippen molar-refractivity contribution in [1.82, 2.24) is 15.0 Å². The van der Waals surface area contributed by atoms with Gasteiger partial charge in [-0.15, -0.1) is 11.3 Å². The van der Waals surface area contributed by atoms with Gasteiger partial charge in [0, 0.05) is 41.2 Å². The summed E-state index contributed by atoms with van der Waals surface area (Å²) in [5.41, 5.74) is 4.47. The number of hydrogen-bond donors (Lipinski definition) is 2. The third-order valence-corrected chi connectivity index (χ3v) is 5.78. The zero-order valence-corrected chi connectivity index (χ0v) is 17.3. The number of benzene rings is 1. The zero-order valence-electron chi connectivity index (χ0n) is 16.5. The van der Waals surface area contributed by atoms with Crippen LogP contribution in [0.1, 0.15) is 25.0 Å². The molecular formula is C23H23N5S. The Bertz CT molecular complexity index is 1120. The maximum absolute atomic E-state index is 8.09. The second kappa shape index (κ2) is 8.49. The lowest BCUT2D eigenvalue weighted by Crippen LogP contribution is -2.15. The molecule has 0 saturated carbocycles. The highest BCUT2D eigenvalue weighted by Gasteiger charge is 2.16. The van der Waals surface area contributed by atoms with E-state index in [2.05, 4.69) is 41.5 Å². The average Bonchev–Trinajstić information content (AvgIpc) is 3.18. The van der Waals surface area contributed by atoms with Gasteiger partial charge in [-0.1, -0.05) is 37.3 Å². The molecule has 0 fully saturated rings. The Hall–Kier alpha value is -3.12. The van der Waals surface area contributed by atoms with E-state index in [0.717, 1.165) is 40.1 Å². The number of hydrogen-bond acceptors (Lipinski definition) is 6. The van der Waals surface area contributed by atoms with Gasteiger partial charge in [0.2, 0.25) is 0 Å². The van der Waals surface area contributed by atoms with Gasteiger partial charge in [0.1, 0.15) is 5.82 Å². The predicted octanol–water partition coefficient (Wildman–Crippen LogP) is 5.43. The molecule has 0 radical (unpaired) electrons. The fourth-order valence-electron chi connectivity index (χ4n) is 3.29. The van der Waals surface area contributed by atoms with Crippen molar-refractivity contribution < 1.29 is 0 Å².